The third kappa shape index (κ3) is 1.76. The zero-order chi connectivity index (χ0) is 10.8. The van der Waals surface area contributed by atoms with Crippen molar-refractivity contribution in [2.24, 2.45) is 12.8 Å². The SMILES string of the molecule is Cc1ccc(CN)c(-c2cnnn2C)c1. The van der Waals surface area contributed by atoms with E-state index in [-0.39, 0.29) is 0 Å². The first kappa shape index (κ1) is 9.86. The van der Waals surface area contributed by atoms with Crippen LogP contribution in [0.1, 0.15) is 11.1 Å². The van der Waals surface area contributed by atoms with Crippen LogP contribution in [0, 0.1) is 6.92 Å². The minimum absolute atomic E-state index is 0.529. The molecule has 0 aliphatic carbocycles. The Morgan fingerprint density at radius 1 is 1.40 bits per heavy atom. The van der Waals surface area contributed by atoms with E-state index in [4.69, 9.17) is 5.73 Å². The molecule has 0 aliphatic heterocycles. The fraction of sp³-hybridized carbons (Fsp3) is 0.273. The van der Waals surface area contributed by atoms with Crippen LogP contribution in [-0.4, -0.2) is 15.0 Å². The van der Waals surface area contributed by atoms with E-state index < -0.39 is 0 Å². The van der Waals surface area contributed by atoms with E-state index in [1.165, 1.54) is 5.56 Å². The average molecular weight is 202 g/mol. The zero-order valence-corrected chi connectivity index (χ0v) is 8.94. The van der Waals surface area contributed by atoms with Crippen LogP contribution in [0.2, 0.25) is 0 Å². The largest absolute Gasteiger partial charge is 0.326 e. The summed E-state index contributed by atoms with van der Waals surface area (Å²) < 4.78 is 1.76. The predicted octanol–water partition coefficient (Wildman–Crippen LogP) is 1.25. The normalized spacial score (nSPS) is 10.6. The summed E-state index contributed by atoms with van der Waals surface area (Å²) in [6.07, 6.45) is 1.76. The van der Waals surface area contributed by atoms with Gasteiger partial charge in [0.1, 0.15) is 0 Å². The number of nitrogens with two attached hydrogens (primary N) is 1. The highest BCUT2D eigenvalue weighted by Gasteiger charge is 2.08. The molecule has 1 heterocycles. The van der Waals surface area contributed by atoms with E-state index in [0.717, 1.165) is 16.8 Å². The lowest BCUT2D eigenvalue weighted by atomic mass is 10.0. The van der Waals surface area contributed by atoms with Gasteiger partial charge in [-0.2, -0.15) is 0 Å². The Morgan fingerprint density at radius 3 is 2.80 bits per heavy atom. The van der Waals surface area contributed by atoms with Gasteiger partial charge in [0, 0.05) is 19.2 Å². The maximum atomic E-state index is 5.71. The average Bonchev–Trinajstić information content (AvgIpc) is 2.64. The molecule has 0 unspecified atom stereocenters. The van der Waals surface area contributed by atoms with Crippen LogP contribution in [0.3, 0.4) is 0 Å². The third-order valence-corrected chi connectivity index (χ3v) is 2.48. The molecule has 78 valence electrons. The summed E-state index contributed by atoms with van der Waals surface area (Å²) >= 11 is 0. The maximum absolute atomic E-state index is 5.71. The summed E-state index contributed by atoms with van der Waals surface area (Å²) in [4.78, 5) is 0. The standard InChI is InChI=1S/C11H14N4/c1-8-3-4-9(6-12)10(5-8)11-7-13-14-15(11)2/h3-5,7H,6,12H2,1-2H3. The van der Waals surface area contributed by atoms with Crippen LogP contribution in [0.4, 0.5) is 0 Å². The van der Waals surface area contributed by atoms with Crippen LogP contribution < -0.4 is 5.73 Å². The van der Waals surface area contributed by atoms with Crippen LogP contribution in [0.5, 0.6) is 0 Å². The van der Waals surface area contributed by atoms with Gasteiger partial charge in [0.25, 0.3) is 0 Å². The molecule has 0 saturated carbocycles. The Labute approximate surface area is 88.7 Å². The summed E-state index contributed by atoms with van der Waals surface area (Å²) in [5.41, 5.74) is 10.1. The first-order chi connectivity index (χ1) is 7.22. The molecule has 0 atom stereocenters. The Morgan fingerprint density at radius 2 is 2.20 bits per heavy atom. The van der Waals surface area contributed by atoms with Gasteiger partial charge < -0.3 is 5.73 Å². The van der Waals surface area contributed by atoms with Gasteiger partial charge in [-0.1, -0.05) is 22.9 Å². The van der Waals surface area contributed by atoms with Gasteiger partial charge in [-0.3, -0.25) is 0 Å². The highest BCUT2D eigenvalue weighted by molar-refractivity contribution is 5.64. The van der Waals surface area contributed by atoms with Crippen molar-refractivity contribution in [2.45, 2.75) is 13.5 Å². The van der Waals surface area contributed by atoms with Crippen molar-refractivity contribution in [3.8, 4) is 11.3 Å². The lowest BCUT2D eigenvalue weighted by Crippen LogP contribution is -2.02. The van der Waals surface area contributed by atoms with E-state index in [2.05, 4.69) is 35.4 Å². The van der Waals surface area contributed by atoms with Crippen molar-refractivity contribution in [3.05, 3.63) is 35.5 Å². The van der Waals surface area contributed by atoms with Crippen molar-refractivity contribution in [3.63, 3.8) is 0 Å². The second-order valence-electron chi connectivity index (χ2n) is 3.61. The third-order valence-electron chi connectivity index (χ3n) is 2.48. The molecule has 4 nitrogen and oxygen atoms in total. The van der Waals surface area contributed by atoms with Crippen molar-refractivity contribution in [2.75, 3.05) is 0 Å². The molecule has 2 aromatic rings. The number of aromatic nitrogens is 3. The van der Waals surface area contributed by atoms with Crippen LogP contribution >= 0.6 is 0 Å². The van der Waals surface area contributed by atoms with Gasteiger partial charge >= 0.3 is 0 Å². The number of benzene rings is 1. The molecular weight excluding hydrogens is 188 g/mol. The number of hydrogen-bond donors (Lipinski definition) is 1. The van der Waals surface area contributed by atoms with Crippen molar-refractivity contribution in [1.82, 2.24) is 15.0 Å². The van der Waals surface area contributed by atoms with Gasteiger partial charge in [-0.05, 0) is 18.6 Å². The highest BCUT2D eigenvalue weighted by Crippen LogP contribution is 2.23. The Kier molecular flexibility index (Phi) is 2.51. The summed E-state index contributed by atoms with van der Waals surface area (Å²) in [6, 6.07) is 6.23. The van der Waals surface area contributed by atoms with Gasteiger partial charge in [0.15, 0.2) is 0 Å². The number of nitrogens with zero attached hydrogens (tertiary/aromatic N) is 3. The molecule has 1 aromatic heterocycles. The quantitative estimate of drug-likeness (QED) is 0.797. The second-order valence-corrected chi connectivity index (χ2v) is 3.61. The minimum atomic E-state index is 0.529. The number of rotatable bonds is 2. The van der Waals surface area contributed by atoms with Crippen LogP contribution in [0.15, 0.2) is 24.4 Å². The minimum Gasteiger partial charge on any atom is -0.326 e. The number of hydrogen-bond acceptors (Lipinski definition) is 3. The molecule has 1 aromatic carbocycles. The first-order valence-corrected chi connectivity index (χ1v) is 4.87. The molecular formula is C11H14N4. The van der Waals surface area contributed by atoms with Gasteiger partial charge in [-0.25, -0.2) is 4.68 Å². The van der Waals surface area contributed by atoms with Gasteiger partial charge in [-0.15, -0.1) is 5.10 Å². The summed E-state index contributed by atoms with van der Waals surface area (Å²) in [5.74, 6) is 0. The molecule has 0 radical (unpaired) electrons. The van der Waals surface area contributed by atoms with Crippen LogP contribution in [-0.2, 0) is 13.6 Å². The van der Waals surface area contributed by atoms with Crippen molar-refractivity contribution < 1.29 is 0 Å². The highest BCUT2D eigenvalue weighted by atomic mass is 15.4. The Balaban J connectivity index is 2.60. The van der Waals surface area contributed by atoms with E-state index in [9.17, 15) is 0 Å². The lowest BCUT2D eigenvalue weighted by Gasteiger charge is -2.08. The fourth-order valence-corrected chi connectivity index (χ4v) is 1.64. The Hall–Kier alpha value is -1.68. The van der Waals surface area contributed by atoms with Gasteiger partial charge in [0.2, 0.25) is 0 Å². The van der Waals surface area contributed by atoms with Crippen LogP contribution in [0.25, 0.3) is 11.3 Å². The Bertz CT molecular complexity index is 473. The predicted molar refractivity (Wildman–Crippen MR) is 59.1 cm³/mol. The summed E-state index contributed by atoms with van der Waals surface area (Å²) in [7, 11) is 1.88. The van der Waals surface area contributed by atoms with E-state index in [1.807, 2.05) is 7.05 Å². The molecule has 2 N–H and O–H groups in total. The van der Waals surface area contributed by atoms with Gasteiger partial charge in [0.05, 0.1) is 11.9 Å². The molecule has 0 spiro atoms. The number of aryl methyl sites for hydroxylation is 2. The van der Waals surface area contributed by atoms with Crippen molar-refractivity contribution >= 4 is 0 Å². The molecule has 15 heavy (non-hydrogen) atoms. The topological polar surface area (TPSA) is 56.7 Å². The molecule has 0 bridgehead atoms. The maximum Gasteiger partial charge on any atom is 0.0885 e. The summed E-state index contributed by atoms with van der Waals surface area (Å²) in [6.45, 7) is 2.59. The second kappa shape index (κ2) is 3.82. The smallest absolute Gasteiger partial charge is 0.0885 e. The first-order valence-electron chi connectivity index (χ1n) is 4.87. The monoisotopic (exact) mass is 202 g/mol. The fourth-order valence-electron chi connectivity index (χ4n) is 1.64. The molecule has 4 heteroatoms. The van der Waals surface area contributed by atoms with E-state index >= 15 is 0 Å². The molecule has 2 rings (SSSR count). The lowest BCUT2D eigenvalue weighted by molar-refractivity contribution is 0.720. The molecule has 0 aliphatic rings. The molecule has 0 fully saturated rings. The van der Waals surface area contributed by atoms with E-state index in [0.29, 0.717) is 6.54 Å². The van der Waals surface area contributed by atoms with E-state index in [1.54, 1.807) is 10.9 Å². The summed E-state index contributed by atoms with van der Waals surface area (Å²) in [5, 5.41) is 7.80. The zero-order valence-electron chi connectivity index (χ0n) is 8.94. The van der Waals surface area contributed by atoms with Crippen molar-refractivity contribution in [1.29, 1.82) is 0 Å². The molecule has 0 saturated heterocycles. The molecule has 0 amide bonds.